The Balaban J connectivity index is 1.44. The first-order chi connectivity index (χ1) is 16.4. The lowest BCUT2D eigenvalue weighted by Crippen LogP contribution is -2.46. The van der Waals surface area contributed by atoms with Crippen LogP contribution >= 0.6 is 15.9 Å². The van der Waals surface area contributed by atoms with Gasteiger partial charge in [-0.25, -0.2) is 14.8 Å². The van der Waals surface area contributed by atoms with Crippen molar-refractivity contribution in [1.29, 1.82) is 0 Å². The number of aromatic nitrogens is 2. The Hall–Kier alpha value is -1.82. The highest BCUT2D eigenvalue weighted by molar-refractivity contribution is 9.09. The van der Waals surface area contributed by atoms with Crippen molar-refractivity contribution in [3.63, 3.8) is 0 Å². The Morgan fingerprint density at radius 1 is 1.00 bits per heavy atom. The van der Waals surface area contributed by atoms with Gasteiger partial charge in [0.15, 0.2) is 0 Å². The third-order valence-electron chi connectivity index (χ3n) is 11.7. The molecule has 1 heterocycles. The van der Waals surface area contributed by atoms with Crippen molar-refractivity contribution in [2.45, 2.75) is 91.4 Å². The molecule has 4 bridgehead atoms. The van der Waals surface area contributed by atoms with Crippen LogP contribution in [0.5, 0.6) is 0 Å². The lowest BCUT2D eigenvalue weighted by Gasteiger charge is -2.38. The van der Waals surface area contributed by atoms with Crippen LogP contribution in [0.1, 0.15) is 89.2 Å². The molecule has 0 spiro atoms. The highest BCUT2D eigenvalue weighted by Gasteiger charge is 2.74. The monoisotopic (exact) mass is 537 g/mol. The number of oxime groups is 1. The van der Waals surface area contributed by atoms with Gasteiger partial charge in [0.25, 0.3) is 0 Å². The molecule has 3 saturated carbocycles. The minimum Gasteiger partial charge on any atom is -0.317 e. The summed E-state index contributed by atoms with van der Waals surface area (Å²) in [6.07, 6.45) is 4.85. The van der Waals surface area contributed by atoms with Gasteiger partial charge in [-0.15, -0.1) is 0 Å². The number of alkyl halides is 1. The molecule has 4 aliphatic rings. The van der Waals surface area contributed by atoms with Gasteiger partial charge in [0.05, 0.1) is 28.1 Å². The Morgan fingerprint density at radius 3 is 2.23 bits per heavy atom. The van der Waals surface area contributed by atoms with Crippen molar-refractivity contribution in [3.05, 3.63) is 34.6 Å². The average molecular weight is 539 g/mol. The van der Waals surface area contributed by atoms with Crippen LogP contribution in [-0.2, 0) is 20.5 Å². The SMILES string of the molecule is Cc1cc2nc3c(nc2cc1C)C1(C(=O)O/N=C2\CC4CCC2(C)C4(C)CBr)CCC3(C)C1(C)C. The number of hydrogen-bond acceptors (Lipinski definition) is 5. The first-order valence-electron chi connectivity index (χ1n) is 13.0. The summed E-state index contributed by atoms with van der Waals surface area (Å²) in [5.41, 5.74) is 5.66. The molecule has 35 heavy (non-hydrogen) atoms. The largest absolute Gasteiger partial charge is 0.347 e. The number of benzene rings is 1. The van der Waals surface area contributed by atoms with E-state index < -0.39 is 5.41 Å². The molecule has 3 fully saturated rings. The van der Waals surface area contributed by atoms with Gasteiger partial charge >= 0.3 is 5.97 Å². The summed E-state index contributed by atoms with van der Waals surface area (Å²) in [5.74, 6) is 0.326. The zero-order valence-corrected chi connectivity index (χ0v) is 23.6. The fourth-order valence-corrected chi connectivity index (χ4v) is 9.23. The summed E-state index contributed by atoms with van der Waals surface area (Å²) in [6.45, 7) is 15.5. The van der Waals surface area contributed by atoms with E-state index in [4.69, 9.17) is 14.8 Å². The van der Waals surface area contributed by atoms with E-state index in [1.165, 1.54) is 17.5 Å². The molecule has 1 aromatic carbocycles. The molecule has 2 aromatic rings. The number of carbonyl (C=O) groups excluding carboxylic acids is 1. The normalized spacial score (nSPS) is 39.5. The third-order valence-corrected chi connectivity index (χ3v) is 12.9. The van der Waals surface area contributed by atoms with Crippen molar-refractivity contribution < 1.29 is 9.63 Å². The molecular weight excluding hydrogens is 502 g/mol. The van der Waals surface area contributed by atoms with Gasteiger partial charge in [0, 0.05) is 16.2 Å². The molecule has 0 saturated heterocycles. The quantitative estimate of drug-likeness (QED) is 0.248. The molecule has 0 amide bonds. The van der Waals surface area contributed by atoms with E-state index in [0.717, 1.165) is 59.1 Å². The molecule has 0 N–H and O–H groups in total. The molecule has 4 aliphatic carbocycles. The van der Waals surface area contributed by atoms with Crippen LogP contribution < -0.4 is 0 Å². The van der Waals surface area contributed by atoms with Gasteiger partial charge in [-0.2, -0.15) is 0 Å². The van der Waals surface area contributed by atoms with Crippen LogP contribution in [-0.4, -0.2) is 27.0 Å². The fraction of sp³-hybridized carbons (Fsp3) is 0.655. The number of nitrogens with zero attached hydrogens (tertiary/aromatic N) is 3. The van der Waals surface area contributed by atoms with Gasteiger partial charge in [-0.05, 0) is 86.0 Å². The van der Waals surface area contributed by atoms with Crippen LogP contribution in [0.15, 0.2) is 17.3 Å². The molecule has 5 nitrogen and oxygen atoms in total. The van der Waals surface area contributed by atoms with Crippen LogP contribution in [0.3, 0.4) is 0 Å². The summed E-state index contributed by atoms with van der Waals surface area (Å²) in [4.78, 5) is 30.3. The Labute approximate surface area is 216 Å². The van der Waals surface area contributed by atoms with Gasteiger partial charge < -0.3 is 4.84 Å². The molecule has 1 aromatic heterocycles. The summed E-state index contributed by atoms with van der Waals surface area (Å²) in [6, 6.07) is 4.21. The van der Waals surface area contributed by atoms with E-state index in [2.05, 4.69) is 81.7 Å². The zero-order chi connectivity index (χ0) is 25.2. The second kappa shape index (κ2) is 6.93. The van der Waals surface area contributed by atoms with Crippen LogP contribution in [0.4, 0.5) is 0 Å². The Bertz CT molecular complexity index is 1330. The van der Waals surface area contributed by atoms with E-state index in [-0.39, 0.29) is 27.6 Å². The molecule has 5 atom stereocenters. The molecule has 0 aliphatic heterocycles. The number of carbonyl (C=O) groups is 1. The highest BCUT2D eigenvalue weighted by atomic mass is 79.9. The van der Waals surface area contributed by atoms with E-state index in [1.54, 1.807) is 0 Å². The number of halogens is 1. The van der Waals surface area contributed by atoms with Crippen molar-refractivity contribution in [3.8, 4) is 0 Å². The molecular formula is C29H36BrN3O2. The first-order valence-corrected chi connectivity index (χ1v) is 14.1. The molecule has 6 heteroatoms. The van der Waals surface area contributed by atoms with Gasteiger partial charge in [0.2, 0.25) is 0 Å². The third kappa shape index (κ3) is 2.50. The van der Waals surface area contributed by atoms with E-state index >= 15 is 0 Å². The Morgan fingerprint density at radius 2 is 1.63 bits per heavy atom. The number of rotatable bonds is 3. The predicted octanol–water partition coefficient (Wildman–Crippen LogP) is 6.70. The second-order valence-electron chi connectivity index (χ2n) is 12.9. The molecule has 6 rings (SSSR count). The number of aryl methyl sites for hydroxylation is 2. The smallest absolute Gasteiger partial charge is 0.317 e. The standard InChI is InChI=1S/C29H36BrN3O2/c1-16-12-19-20(13-17(16)2)32-23-22(31-19)27(6)10-11-29(23,25(27,3)4)24(34)35-33-21-14-18-8-9-26(21,5)28(18,7)15-30/h12-13,18H,8-11,14-15H2,1-7H3/b33-21+. The maximum atomic E-state index is 14.1. The molecule has 0 radical (unpaired) electrons. The fourth-order valence-electron chi connectivity index (χ4n) is 8.16. The van der Waals surface area contributed by atoms with Gasteiger partial charge in [0.1, 0.15) is 5.41 Å². The Kier molecular flexibility index (Phi) is 4.67. The minimum absolute atomic E-state index is 0.0300. The average Bonchev–Trinajstić information content (AvgIpc) is 3.33. The van der Waals surface area contributed by atoms with Crippen LogP contribution in [0.25, 0.3) is 11.0 Å². The summed E-state index contributed by atoms with van der Waals surface area (Å²) in [5, 5.41) is 5.57. The minimum atomic E-state index is -0.835. The predicted molar refractivity (Wildman–Crippen MR) is 142 cm³/mol. The van der Waals surface area contributed by atoms with Crippen molar-refractivity contribution >= 4 is 38.6 Å². The lowest BCUT2D eigenvalue weighted by molar-refractivity contribution is -0.155. The van der Waals surface area contributed by atoms with Crippen LogP contribution in [0, 0.1) is 36.0 Å². The van der Waals surface area contributed by atoms with E-state index in [0.29, 0.717) is 5.92 Å². The maximum Gasteiger partial charge on any atom is 0.347 e. The van der Waals surface area contributed by atoms with E-state index in [1.807, 2.05) is 0 Å². The topological polar surface area (TPSA) is 64.4 Å². The lowest BCUT2D eigenvalue weighted by atomic mass is 9.64. The summed E-state index contributed by atoms with van der Waals surface area (Å²) in [7, 11) is 0. The molecule has 5 unspecified atom stereocenters. The number of fused-ring (bicyclic) bond motifs is 8. The number of hydrogen-bond donors (Lipinski definition) is 0. The second-order valence-corrected chi connectivity index (χ2v) is 13.5. The van der Waals surface area contributed by atoms with Crippen molar-refractivity contribution in [2.24, 2.45) is 27.3 Å². The van der Waals surface area contributed by atoms with Crippen LogP contribution in [0.2, 0.25) is 0 Å². The van der Waals surface area contributed by atoms with Gasteiger partial charge in [-0.3, -0.25) is 0 Å². The van der Waals surface area contributed by atoms with Gasteiger partial charge in [-0.1, -0.05) is 55.7 Å². The highest BCUT2D eigenvalue weighted by Crippen LogP contribution is 2.70. The van der Waals surface area contributed by atoms with Crippen molar-refractivity contribution in [2.75, 3.05) is 5.33 Å². The van der Waals surface area contributed by atoms with Crippen molar-refractivity contribution in [1.82, 2.24) is 9.97 Å². The summed E-state index contributed by atoms with van der Waals surface area (Å²) >= 11 is 3.77. The molecule has 186 valence electrons. The maximum absolute atomic E-state index is 14.1. The first kappa shape index (κ1) is 23.6. The zero-order valence-electron chi connectivity index (χ0n) is 22.0. The van der Waals surface area contributed by atoms with E-state index in [9.17, 15) is 4.79 Å². The summed E-state index contributed by atoms with van der Waals surface area (Å²) < 4.78 is 0.